The van der Waals surface area contributed by atoms with Crippen molar-refractivity contribution in [1.29, 1.82) is 0 Å². The van der Waals surface area contributed by atoms with Gasteiger partial charge in [-0.2, -0.15) is 0 Å². The summed E-state index contributed by atoms with van der Waals surface area (Å²) in [6.45, 7) is 0.601. The summed E-state index contributed by atoms with van der Waals surface area (Å²) >= 11 is 0. The van der Waals surface area contributed by atoms with Crippen molar-refractivity contribution < 1.29 is 9.47 Å². The molecule has 4 heteroatoms. The third-order valence-corrected chi connectivity index (χ3v) is 4.12. The number of benzene rings is 1. The molecule has 1 aromatic rings. The van der Waals surface area contributed by atoms with Crippen molar-refractivity contribution in [3.8, 4) is 11.5 Å². The van der Waals surface area contributed by atoms with Gasteiger partial charge in [0.15, 0.2) is 0 Å². The second-order valence-corrected chi connectivity index (χ2v) is 5.15. The number of hydrogen-bond acceptors (Lipinski definition) is 4. The zero-order valence-corrected chi connectivity index (χ0v) is 12.1. The number of methoxy groups -OCH3 is 2. The van der Waals surface area contributed by atoms with E-state index in [2.05, 4.69) is 24.1 Å². The number of ether oxygens (including phenoxy) is 2. The third-order valence-electron chi connectivity index (χ3n) is 4.12. The molecule has 1 saturated carbocycles. The predicted octanol–water partition coefficient (Wildman–Crippen LogP) is 2.19. The molecule has 1 aromatic carbocycles. The largest absolute Gasteiger partial charge is 0.497 e. The molecule has 1 atom stereocenters. The number of rotatable bonds is 6. The van der Waals surface area contributed by atoms with Crippen LogP contribution in [-0.2, 0) is 0 Å². The first-order chi connectivity index (χ1) is 9.19. The molecule has 0 amide bonds. The average molecular weight is 264 g/mol. The van der Waals surface area contributed by atoms with Gasteiger partial charge in [-0.1, -0.05) is 6.42 Å². The van der Waals surface area contributed by atoms with Crippen molar-refractivity contribution in [1.82, 2.24) is 4.90 Å². The van der Waals surface area contributed by atoms with Crippen LogP contribution in [0.15, 0.2) is 18.2 Å². The van der Waals surface area contributed by atoms with Crippen LogP contribution in [0.5, 0.6) is 11.5 Å². The van der Waals surface area contributed by atoms with Crippen LogP contribution in [0.3, 0.4) is 0 Å². The minimum atomic E-state index is 0.217. The van der Waals surface area contributed by atoms with E-state index in [4.69, 9.17) is 15.2 Å². The fourth-order valence-corrected chi connectivity index (χ4v) is 2.61. The normalized spacial score (nSPS) is 17.1. The third kappa shape index (κ3) is 3.01. The van der Waals surface area contributed by atoms with Gasteiger partial charge < -0.3 is 15.2 Å². The Bertz CT molecular complexity index is 396. The second kappa shape index (κ2) is 6.26. The summed E-state index contributed by atoms with van der Waals surface area (Å²) in [5.41, 5.74) is 7.14. The van der Waals surface area contributed by atoms with Gasteiger partial charge in [0.25, 0.3) is 0 Å². The molecule has 0 radical (unpaired) electrons. The summed E-state index contributed by atoms with van der Waals surface area (Å²) in [6.07, 6.45) is 3.87. The molecule has 1 unspecified atom stereocenters. The van der Waals surface area contributed by atoms with E-state index in [0.717, 1.165) is 17.1 Å². The maximum Gasteiger partial charge on any atom is 0.122 e. The highest BCUT2D eigenvalue weighted by Crippen LogP contribution is 2.33. The van der Waals surface area contributed by atoms with Gasteiger partial charge in [0, 0.05) is 24.7 Å². The van der Waals surface area contributed by atoms with Crippen LogP contribution in [0, 0.1) is 0 Å². The van der Waals surface area contributed by atoms with Crippen molar-refractivity contribution in [2.75, 3.05) is 27.8 Å². The number of hydrogen-bond donors (Lipinski definition) is 1. The van der Waals surface area contributed by atoms with Gasteiger partial charge in [0.2, 0.25) is 0 Å². The molecule has 19 heavy (non-hydrogen) atoms. The van der Waals surface area contributed by atoms with Crippen molar-refractivity contribution >= 4 is 0 Å². The van der Waals surface area contributed by atoms with Gasteiger partial charge in [0.1, 0.15) is 11.5 Å². The fraction of sp³-hybridized carbons (Fsp3) is 0.600. The van der Waals surface area contributed by atoms with Crippen LogP contribution >= 0.6 is 0 Å². The topological polar surface area (TPSA) is 47.7 Å². The van der Waals surface area contributed by atoms with E-state index in [1.54, 1.807) is 14.2 Å². The first-order valence-corrected chi connectivity index (χ1v) is 6.84. The summed E-state index contributed by atoms with van der Waals surface area (Å²) in [6, 6.07) is 6.87. The summed E-state index contributed by atoms with van der Waals surface area (Å²) in [7, 11) is 5.50. The Labute approximate surface area is 115 Å². The lowest BCUT2D eigenvalue weighted by molar-refractivity contribution is 0.113. The molecule has 0 aliphatic heterocycles. The van der Waals surface area contributed by atoms with Crippen LogP contribution in [0.1, 0.15) is 30.9 Å². The summed E-state index contributed by atoms with van der Waals surface area (Å²) < 4.78 is 10.7. The maximum atomic E-state index is 5.98. The zero-order valence-electron chi connectivity index (χ0n) is 12.1. The molecular formula is C15H24N2O2. The van der Waals surface area contributed by atoms with Crippen molar-refractivity contribution in [2.24, 2.45) is 5.73 Å². The Morgan fingerprint density at radius 2 is 1.79 bits per heavy atom. The first kappa shape index (κ1) is 14.2. The first-order valence-electron chi connectivity index (χ1n) is 6.84. The lowest BCUT2D eigenvalue weighted by Gasteiger charge is -2.40. The standard InChI is InChI=1S/C15H24N2O2/c1-17(12-5-4-6-12)15(10-16)11-7-13(18-2)9-14(8-11)19-3/h7-9,12,15H,4-6,10,16H2,1-3H3. The van der Waals surface area contributed by atoms with Crippen molar-refractivity contribution in [3.63, 3.8) is 0 Å². The minimum Gasteiger partial charge on any atom is -0.497 e. The van der Waals surface area contributed by atoms with E-state index in [1.807, 2.05) is 6.07 Å². The van der Waals surface area contributed by atoms with E-state index < -0.39 is 0 Å². The van der Waals surface area contributed by atoms with E-state index in [1.165, 1.54) is 19.3 Å². The van der Waals surface area contributed by atoms with Crippen LogP contribution < -0.4 is 15.2 Å². The molecule has 1 aliphatic carbocycles. The molecule has 0 aromatic heterocycles. The van der Waals surface area contributed by atoms with Gasteiger partial charge in [-0.05, 0) is 37.6 Å². The molecule has 106 valence electrons. The van der Waals surface area contributed by atoms with Gasteiger partial charge in [-0.25, -0.2) is 0 Å². The Hall–Kier alpha value is -1.26. The molecule has 1 fully saturated rings. The van der Waals surface area contributed by atoms with Crippen LogP contribution in [0.2, 0.25) is 0 Å². The van der Waals surface area contributed by atoms with Crippen molar-refractivity contribution in [3.05, 3.63) is 23.8 Å². The van der Waals surface area contributed by atoms with E-state index in [-0.39, 0.29) is 6.04 Å². The van der Waals surface area contributed by atoms with Crippen LogP contribution in [-0.4, -0.2) is 38.8 Å². The number of likely N-dealkylation sites (N-methyl/N-ethyl adjacent to an activating group) is 1. The minimum absolute atomic E-state index is 0.217. The molecule has 1 aliphatic rings. The number of nitrogens with zero attached hydrogens (tertiary/aromatic N) is 1. The Morgan fingerprint density at radius 3 is 2.16 bits per heavy atom. The molecular weight excluding hydrogens is 240 g/mol. The van der Waals surface area contributed by atoms with Crippen molar-refractivity contribution in [2.45, 2.75) is 31.3 Å². The van der Waals surface area contributed by atoms with Crippen LogP contribution in [0.25, 0.3) is 0 Å². The smallest absolute Gasteiger partial charge is 0.122 e. The summed E-state index contributed by atoms with van der Waals surface area (Å²) in [5, 5.41) is 0. The Balaban J connectivity index is 2.25. The highest BCUT2D eigenvalue weighted by atomic mass is 16.5. The maximum absolute atomic E-state index is 5.98. The molecule has 0 saturated heterocycles. The lowest BCUT2D eigenvalue weighted by atomic mass is 9.89. The zero-order chi connectivity index (χ0) is 13.8. The molecule has 2 N–H and O–H groups in total. The van der Waals surface area contributed by atoms with Crippen LogP contribution in [0.4, 0.5) is 0 Å². The van der Waals surface area contributed by atoms with Gasteiger partial charge in [0.05, 0.1) is 14.2 Å². The monoisotopic (exact) mass is 264 g/mol. The van der Waals surface area contributed by atoms with E-state index in [9.17, 15) is 0 Å². The average Bonchev–Trinajstić information content (AvgIpc) is 2.37. The second-order valence-electron chi connectivity index (χ2n) is 5.15. The van der Waals surface area contributed by atoms with Gasteiger partial charge in [-0.3, -0.25) is 4.90 Å². The summed E-state index contributed by atoms with van der Waals surface area (Å²) in [5.74, 6) is 1.63. The van der Waals surface area contributed by atoms with E-state index in [0.29, 0.717) is 12.6 Å². The van der Waals surface area contributed by atoms with Gasteiger partial charge in [-0.15, -0.1) is 0 Å². The fourth-order valence-electron chi connectivity index (χ4n) is 2.61. The molecule has 0 spiro atoms. The molecule has 4 nitrogen and oxygen atoms in total. The lowest BCUT2D eigenvalue weighted by Crippen LogP contribution is -2.42. The predicted molar refractivity (Wildman–Crippen MR) is 76.7 cm³/mol. The highest BCUT2D eigenvalue weighted by Gasteiger charge is 2.28. The van der Waals surface area contributed by atoms with Gasteiger partial charge >= 0.3 is 0 Å². The summed E-state index contributed by atoms with van der Waals surface area (Å²) in [4.78, 5) is 2.39. The van der Waals surface area contributed by atoms with E-state index >= 15 is 0 Å². The number of nitrogens with two attached hydrogens (primary N) is 1. The molecule has 0 heterocycles. The Kier molecular flexibility index (Phi) is 4.66. The molecule has 0 bridgehead atoms. The molecule has 2 rings (SSSR count). The SMILES string of the molecule is COc1cc(OC)cc(C(CN)N(C)C2CCC2)c1. The quantitative estimate of drug-likeness (QED) is 0.855. The Morgan fingerprint density at radius 1 is 1.21 bits per heavy atom. The highest BCUT2D eigenvalue weighted by molar-refractivity contribution is 5.40.